The van der Waals surface area contributed by atoms with Crippen LogP contribution >= 0.6 is 0 Å². The molecule has 1 aliphatic rings. The van der Waals surface area contributed by atoms with Crippen LogP contribution in [-0.2, 0) is 0 Å². The minimum Gasteiger partial charge on any atom is -0.383 e. The first-order valence-electron chi connectivity index (χ1n) is 6.98. The Morgan fingerprint density at radius 1 is 1.33 bits per heavy atom. The van der Waals surface area contributed by atoms with E-state index in [4.69, 9.17) is 0 Å². The molecule has 1 atom stereocenters. The summed E-state index contributed by atoms with van der Waals surface area (Å²) in [7, 11) is 0. The van der Waals surface area contributed by atoms with Gasteiger partial charge in [-0.1, -0.05) is 26.8 Å². The van der Waals surface area contributed by atoms with Crippen molar-refractivity contribution in [2.24, 2.45) is 4.99 Å². The van der Waals surface area contributed by atoms with Gasteiger partial charge < -0.3 is 10.6 Å². The van der Waals surface area contributed by atoms with Gasteiger partial charge in [0.05, 0.1) is 5.54 Å². The lowest BCUT2D eigenvalue weighted by molar-refractivity contribution is 0.529. The summed E-state index contributed by atoms with van der Waals surface area (Å²) in [5.74, 6) is 0. The van der Waals surface area contributed by atoms with E-state index in [-0.39, 0.29) is 5.54 Å². The van der Waals surface area contributed by atoms with Crippen LogP contribution in [0.25, 0.3) is 0 Å². The Kier molecular flexibility index (Phi) is 8.38. The Labute approximate surface area is 112 Å². The standard InChI is InChI=1S/C13H23N3.C2H6/c1-5-14-10-13(4)8-6-12(7-9-15-13)16-11(2)3;1-2/h6-9,11,14,16H,5,10H2,1-4H3;1-2H3. The van der Waals surface area contributed by atoms with Gasteiger partial charge in [-0.15, -0.1) is 0 Å². The molecule has 0 amide bonds. The lowest BCUT2D eigenvalue weighted by Crippen LogP contribution is -2.34. The van der Waals surface area contributed by atoms with E-state index in [2.05, 4.69) is 55.5 Å². The molecule has 0 fully saturated rings. The predicted octanol–water partition coefficient (Wildman–Crippen LogP) is 2.90. The first-order valence-corrected chi connectivity index (χ1v) is 6.98. The number of hydrogen-bond donors (Lipinski definition) is 2. The van der Waals surface area contributed by atoms with E-state index in [9.17, 15) is 0 Å². The second-order valence-electron chi connectivity index (χ2n) is 4.67. The van der Waals surface area contributed by atoms with Gasteiger partial charge in [-0.25, -0.2) is 0 Å². The second-order valence-corrected chi connectivity index (χ2v) is 4.67. The fourth-order valence-corrected chi connectivity index (χ4v) is 1.57. The van der Waals surface area contributed by atoms with Crippen molar-refractivity contribution in [1.82, 2.24) is 10.6 Å². The summed E-state index contributed by atoms with van der Waals surface area (Å²) in [5.41, 5.74) is 0.992. The molecule has 0 aromatic heterocycles. The molecule has 18 heavy (non-hydrogen) atoms. The summed E-state index contributed by atoms with van der Waals surface area (Å²) in [6.45, 7) is 14.4. The number of aliphatic imine (C=N–C) groups is 1. The summed E-state index contributed by atoms with van der Waals surface area (Å²) >= 11 is 0. The predicted molar refractivity (Wildman–Crippen MR) is 82.3 cm³/mol. The van der Waals surface area contributed by atoms with Crippen molar-refractivity contribution in [1.29, 1.82) is 0 Å². The number of rotatable bonds is 5. The van der Waals surface area contributed by atoms with Crippen molar-refractivity contribution in [3.63, 3.8) is 0 Å². The van der Waals surface area contributed by atoms with Gasteiger partial charge in [-0.05, 0) is 39.5 Å². The third-order valence-corrected chi connectivity index (χ3v) is 2.43. The SMILES string of the molecule is CC.CCNCC1(C)C=CC(NC(C)C)=CC=N1. The van der Waals surface area contributed by atoms with Gasteiger partial charge in [0.1, 0.15) is 0 Å². The van der Waals surface area contributed by atoms with Gasteiger partial charge in [0.25, 0.3) is 0 Å². The molecule has 0 saturated carbocycles. The maximum Gasteiger partial charge on any atom is 0.0887 e. The number of allylic oxidation sites excluding steroid dienone is 2. The Hall–Kier alpha value is -1.09. The van der Waals surface area contributed by atoms with Gasteiger partial charge in [0, 0.05) is 24.5 Å². The first-order chi connectivity index (χ1) is 8.56. The molecule has 2 N–H and O–H groups in total. The van der Waals surface area contributed by atoms with E-state index in [0.29, 0.717) is 6.04 Å². The van der Waals surface area contributed by atoms with Gasteiger partial charge in [0.2, 0.25) is 0 Å². The zero-order valence-corrected chi connectivity index (χ0v) is 12.7. The number of likely N-dealkylation sites (N-methyl/N-ethyl adjacent to an activating group) is 1. The van der Waals surface area contributed by atoms with Crippen molar-refractivity contribution < 1.29 is 0 Å². The Morgan fingerprint density at radius 2 is 2.00 bits per heavy atom. The zero-order chi connectivity index (χ0) is 14.0. The highest BCUT2D eigenvalue weighted by Crippen LogP contribution is 2.14. The molecule has 0 spiro atoms. The maximum absolute atomic E-state index is 4.56. The van der Waals surface area contributed by atoms with Crippen LogP contribution in [0.2, 0.25) is 0 Å². The highest BCUT2D eigenvalue weighted by atomic mass is 15.0. The molecule has 0 saturated heterocycles. The van der Waals surface area contributed by atoms with Crippen LogP contribution in [0, 0.1) is 0 Å². The molecule has 1 rings (SSSR count). The molecule has 0 bridgehead atoms. The van der Waals surface area contributed by atoms with Crippen LogP contribution in [0.1, 0.15) is 41.5 Å². The van der Waals surface area contributed by atoms with Crippen LogP contribution in [-0.4, -0.2) is 30.9 Å². The molecule has 1 aliphatic heterocycles. The topological polar surface area (TPSA) is 36.4 Å². The normalized spacial score (nSPS) is 22.1. The van der Waals surface area contributed by atoms with Gasteiger partial charge in [-0.2, -0.15) is 0 Å². The number of hydrogen-bond acceptors (Lipinski definition) is 3. The summed E-state index contributed by atoms with van der Waals surface area (Å²) in [5, 5.41) is 6.71. The summed E-state index contributed by atoms with van der Waals surface area (Å²) in [4.78, 5) is 4.56. The Balaban J connectivity index is 0.00000137. The molecule has 3 nitrogen and oxygen atoms in total. The van der Waals surface area contributed by atoms with E-state index < -0.39 is 0 Å². The number of nitrogens with zero attached hydrogens (tertiary/aromatic N) is 1. The Bertz CT molecular complexity index is 303. The van der Waals surface area contributed by atoms with E-state index in [0.717, 1.165) is 18.8 Å². The average molecular weight is 251 g/mol. The molecule has 0 aromatic carbocycles. The maximum atomic E-state index is 4.56. The minimum absolute atomic E-state index is 0.132. The molecular formula is C15H29N3. The average Bonchev–Trinajstić information content (AvgIpc) is 2.52. The molecule has 3 heteroatoms. The first kappa shape index (κ1) is 16.9. The van der Waals surface area contributed by atoms with Crippen LogP contribution in [0.5, 0.6) is 0 Å². The lowest BCUT2D eigenvalue weighted by atomic mass is 10.0. The van der Waals surface area contributed by atoms with Crippen LogP contribution in [0.4, 0.5) is 0 Å². The molecule has 1 heterocycles. The Morgan fingerprint density at radius 3 is 2.56 bits per heavy atom. The van der Waals surface area contributed by atoms with E-state index in [1.165, 1.54) is 0 Å². The van der Waals surface area contributed by atoms with Crippen LogP contribution in [0.3, 0.4) is 0 Å². The van der Waals surface area contributed by atoms with Crippen LogP contribution in [0.15, 0.2) is 28.9 Å². The lowest BCUT2D eigenvalue weighted by Gasteiger charge is -2.20. The van der Waals surface area contributed by atoms with Gasteiger partial charge >= 0.3 is 0 Å². The van der Waals surface area contributed by atoms with Crippen molar-refractivity contribution in [3.05, 3.63) is 23.9 Å². The van der Waals surface area contributed by atoms with Crippen molar-refractivity contribution in [2.45, 2.75) is 53.1 Å². The van der Waals surface area contributed by atoms with E-state index >= 15 is 0 Å². The van der Waals surface area contributed by atoms with Gasteiger partial charge in [-0.3, -0.25) is 4.99 Å². The monoisotopic (exact) mass is 251 g/mol. The fourth-order valence-electron chi connectivity index (χ4n) is 1.57. The highest BCUT2D eigenvalue weighted by molar-refractivity contribution is 5.74. The summed E-state index contributed by atoms with van der Waals surface area (Å²) < 4.78 is 0. The molecule has 0 aromatic rings. The molecule has 0 radical (unpaired) electrons. The van der Waals surface area contributed by atoms with E-state index in [1.807, 2.05) is 26.1 Å². The molecule has 0 aliphatic carbocycles. The number of nitrogens with one attached hydrogen (secondary N) is 2. The zero-order valence-electron chi connectivity index (χ0n) is 12.7. The smallest absolute Gasteiger partial charge is 0.0887 e. The third kappa shape index (κ3) is 6.60. The van der Waals surface area contributed by atoms with Gasteiger partial charge in [0.15, 0.2) is 0 Å². The largest absolute Gasteiger partial charge is 0.383 e. The highest BCUT2D eigenvalue weighted by Gasteiger charge is 2.18. The van der Waals surface area contributed by atoms with Crippen molar-refractivity contribution in [3.8, 4) is 0 Å². The van der Waals surface area contributed by atoms with E-state index in [1.54, 1.807) is 0 Å². The summed E-state index contributed by atoms with van der Waals surface area (Å²) in [6.07, 6.45) is 8.18. The molecule has 1 unspecified atom stereocenters. The van der Waals surface area contributed by atoms with Crippen LogP contribution < -0.4 is 10.6 Å². The fraction of sp³-hybridized carbons (Fsp3) is 0.667. The summed E-state index contributed by atoms with van der Waals surface area (Å²) in [6, 6.07) is 0.447. The minimum atomic E-state index is -0.132. The second kappa shape index (κ2) is 8.92. The third-order valence-electron chi connectivity index (χ3n) is 2.43. The van der Waals surface area contributed by atoms with Crippen molar-refractivity contribution in [2.75, 3.05) is 13.1 Å². The molecule has 104 valence electrons. The molecular weight excluding hydrogens is 222 g/mol. The quantitative estimate of drug-likeness (QED) is 0.788. The van der Waals surface area contributed by atoms with Crippen molar-refractivity contribution >= 4 is 6.21 Å².